The number of likely N-dealkylation sites (tertiary alicyclic amines) is 1. The lowest BCUT2D eigenvalue weighted by Gasteiger charge is -2.38. The second kappa shape index (κ2) is 10.5. The van der Waals surface area contributed by atoms with Crippen molar-refractivity contribution >= 4 is 18.0 Å². The number of rotatable bonds is 7. The molecule has 2 amide bonds. The van der Waals surface area contributed by atoms with Crippen molar-refractivity contribution in [3.63, 3.8) is 0 Å². The molecule has 0 bridgehead atoms. The number of piperidine rings is 1. The summed E-state index contributed by atoms with van der Waals surface area (Å²) >= 11 is 0. The van der Waals surface area contributed by atoms with E-state index in [0.29, 0.717) is 25.9 Å². The Labute approximate surface area is 205 Å². The molecular weight excluding hydrogens is 446 g/mol. The van der Waals surface area contributed by atoms with Crippen LogP contribution in [0.4, 0.5) is 4.79 Å². The first-order chi connectivity index (χ1) is 16.8. The number of carbonyl (C=O) groups is 3. The van der Waals surface area contributed by atoms with Crippen molar-refractivity contribution < 1.29 is 24.2 Å². The third kappa shape index (κ3) is 5.32. The molecule has 4 rings (SSSR count). The normalized spacial score (nSPS) is 20.2. The molecule has 35 heavy (non-hydrogen) atoms. The van der Waals surface area contributed by atoms with Crippen molar-refractivity contribution in [2.75, 3.05) is 33.8 Å². The zero-order valence-electron chi connectivity index (χ0n) is 20.4. The Balaban J connectivity index is 1.42. The molecule has 0 spiro atoms. The number of fused-ring (bicyclic) bond motifs is 3. The lowest BCUT2D eigenvalue weighted by molar-refractivity contribution is -0.148. The van der Waals surface area contributed by atoms with Crippen LogP contribution in [0.5, 0.6) is 0 Å². The van der Waals surface area contributed by atoms with Crippen LogP contribution >= 0.6 is 0 Å². The molecule has 1 aliphatic heterocycles. The Kier molecular flexibility index (Phi) is 7.40. The van der Waals surface area contributed by atoms with Gasteiger partial charge in [-0.3, -0.25) is 9.59 Å². The van der Waals surface area contributed by atoms with Crippen molar-refractivity contribution in [2.24, 2.45) is 5.92 Å². The van der Waals surface area contributed by atoms with Gasteiger partial charge in [0.15, 0.2) is 0 Å². The average Bonchev–Trinajstić information content (AvgIpc) is 3.15. The molecule has 186 valence electrons. The highest BCUT2D eigenvalue weighted by Gasteiger charge is 2.36. The summed E-state index contributed by atoms with van der Waals surface area (Å²) in [7, 11) is 3.67. The third-order valence-electron chi connectivity index (χ3n) is 6.99. The number of aliphatic carboxylic acids is 1. The quantitative estimate of drug-likeness (QED) is 0.633. The molecule has 0 radical (unpaired) electrons. The number of carboxylic acid groups (broad SMARTS) is 1. The molecule has 1 fully saturated rings. The Morgan fingerprint density at radius 3 is 2.23 bits per heavy atom. The number of alkyl carbamates (subject to hydrolysis) is 1. The van der Waals surface area contributed by atoms with Gasteiger partial charge in [0, 0.05) is 25.0 Å². The van der Waals surface area contributed by atoms with Gasteiger partial charge in [-0.25, -0.2) is 4.79 Å². The summed E-state index contributed by atoms with van der Waals surface area (Å²) in [6.45, 7) is 2.69. The standard InChI is InChI=1S/C27H33N3O5/c1-17-14-18(26(32)33)12-13-30(17)25(31)24(15-29(2)3)28-27(34)35-16-23-21-10-6-4-8-19(21)20-9-5-7-11-22(20)23/h4-11,17-18,23-24H,12-16H2,1-3H3,(H,28,34)(H,32,33)/t17-,18-,24+/m1/s1. The van der Waals surface area contributed by atoms with E-state index < -0.39 is 24.0 Å². The van der Waals surface area contributed by atoms with Gasteiger partial charge >= 0.3 is 12.1 Å². The number of hydrogen-bond donors (Lipinski definition) is 2. The number of nitrogens with one attached hydrogen (secondary N) is 1. The maximum Gasteiger partial charge on any atom is 0.407 e. The molecule has 2 aromatic carbocycles. The Hall–Kier alpha value is -3.39. The number of carboxylic acids is 1. The van der Waals surface area contributed by atoms with Gasteiger partial charge in [0.2, 0.25) is 5.91 Å². The van der Waals surface area contributed by atoms with Gasteiger partial charge in [-0.05, 0) is 56.1 Å². The minimum absolute atomic E-state index is 0.0637. The van der Waals surface area contributed by atoms with Gasteiger partial charge in [0.25, 0.3) is 0 Å². The largest absolute Gasteiger partial charge is 0.481 e. The van der Waals surface area contributed by atoms with Crippen LogP contribution in [0.25, 0.3) is 11.1 Å². The fraction of sp³-hybridized carbons (Fsp3) is 0.444. The number of likely N-dealkylation sites (N-methyl/N-ethyl adjacent to an activating group) is 1. The SMILES string of the molecule is C[C@@H]1C[C@H](C(=O)O)CCN1C(=O)[C@H](CN(C)C)NC(=O)OCC1c2ccccc2-c2ccccc21. The number of ether oxygens (including phenoxy) is 1. The summed E-state index contributed by atoms with van der Waals surface area (Å²) in [6.07, 6.45) is 0.172. The summed E-state index contributed by atoms with van der Waals surface area (Å²) in [5, 5.41) is 12.1. The monoisotopic (exact) mass is 479 g/mol. The molecule has 2 aromatic rings. The zero-order valence-corrected chi connectivity index (χ0v) is 20.4. The minimum atomic E-state index is -0.828. The lowest BCUT2D eigenvalue weighted by Crippen LogP contribution is -2.57. The van der Waals surface area contributed by atoms with Crippen molar-refractivity contribution in [3.05, 3.63) is 59.7 Å². The predicted molar refractivity (Wildman–Crippen MR) is 132 cm³/mol. The Morgan fingerprint density at radius 1 is 1.09 bits per heavy atom. The van der Waals surface area contributed by atoms with Gasteiger partial charge in [0.1, 0.15) is 12.6 Å². The van der Waals surface area contributed by atoms with E-state index in [-0.39, 0.29) is 24.5 Å². The molecule has 8 nitrogen and oxygen atoms in total. The van der Waals surface area contributed by atoms with Crippen molar-refractivity contribution in [1.82, 2.24) is 15.1 Å². The second-order valence-electron chi connectivity index (χ2n) is 9.72. The number of hydrogen-bond acceptors (Lipinski definition) is 5. The Bertz CT molecular complexity index is 1060. The van der Waals surface area contributed by atoms with Crippen LogP contribution in [0.15, 0.2) is 48.5 Å². The van der Waals surface area contributed by atoms with E-state index in [1.165, 1.54) is 0 Å². The maximum absolute atomic E-state index is 13.3. The molecule has 1 saturated heterocycles. The van der Waals surface area contributed by atoms with Crippen molar-refractivity contribution in [2.45, 2.75) is 37.8 Å². The number of nitrogens with zero attached hydrogens (tertiary/aromatic N) is 2. The van der Waals surface area contributed by atoms with E-state index in [2.05, 4.69) is 29.6 Å². The van der Waals surface area contributed by atoms with Crippen molar-refractivity contribution in [3.8, 4) is 11.1 Å². The molecule has 2 aliphatic rings. The summed E-state index contributed by atoms with van der Waals surface area (Å²) in [5.74, 6) is -1.56. The molecule has 0 unspecified atom stereocenters. The maximum atomic E-state index is 13.3. The second-order valence-corrected chi connectivity index (χ2v) is 9.72. The van der Waals surface area contributed by atoms with E-state index in [4.69, 9.17) is 4.74 Å². The van der Waals surface area contributed by atoms with Crippen LogP contribution in [0.3, 0.4) is 0 Å². The minimum Gasteiger partial charge on any atom is -0.481 e. The molecule has 8 heteroatoms. The summed E-state index contributed by atoms with van der Waals surface area (Å²) < 4.78 is 5.65. The van der Waals surface area contributed by atoms with E-state index in [0.717, 1.165) is 22.3 Å². The summed E-state index contributed by atoms with van der Waals surface area (Å²) in [4.78, 5) is 41.0. The van der Waals surface area contributed by atoms with Crippen LogP contribution in [-0.2, 0) is 14.3 Å². The molecule has 0 saturated carbocycles. The van der Waals surface area contributed by atoms with Gasteiger partial charge in [-0.2, -0.15) is 0 Å². The molecule has 1 aliphatic carbocycles. The van der Waals surface area contributed by atoms with Gasteiger partial charge in [0.05, 0.1) is 5.92 Å². The first kappa shape index (κ1) is 24.7. The van der Waals surface area contributed by atoms with Crippen LogP contribution in [0.2, 0.25) is 0 Å². The third-order valence-corrected chi connectivity index (χ3v) is 6.99. The number of carbonyl (C=O) groups excluding carboxylic acids is 2. The van der Waals surface area contributed by atoms with E-state index >= 15 is 0 Å². The van der Waals surface area contributed by atoms with Crippen LogP contribution in [0, 0.1) is 5.92 Å². The fourth-order valence-electron chi connectivity index (χ4n) is 5.26. The molecule has 2 N–H and O–H groups in total. The van der Waals surface area contributed by atoms with Gasteiger partial charge < -0.3 is 25.0 Å². The Morgan fingerprint density at radius 2 is 1.69 bits per heavy atom. The molecular formula is C27H33N3O5. The molecule has 0 aromatic heterocycles. The van der Waals surface area contributed by atoms with E-state index in [1.807, 2.05) is 50.2 Å². The molecule has 3 atom stereocenters. The number of benzene rings is 2. The summed E-state index contributed by atoms with van der Waals surface area (Å²) in [6, 6.07) is 15.2. The van der Waals surface area contributed by atoms with Crippen molar-refractivity contribution in [1.29, 1.82) is 0 Å². The first-order valence-electron chi connectivity index (χ1n) is 12.1. The smallest absolute Gasteiger partial charge is 0.407 e. The average molecular weight is 480 g/mol. The topological polar surface area (TPSA) is 99.2 Å². The lowest BCUT2D eigenvalue weighted by atomic mass is 9.91. The van der Waals surface area contributed by atoms with Gasteiger partial charge in [-0.1, -0.05) is 48.5 Å². The highest BCUT2D eigenvalue weighted by Crippen LogP contribution is 2.44. The van der Waals surface area contributed by atoms with Crippen LogP contribution in [0.1, 0.15) is 36.8 Å². The predicted octanol–water partition coefficient (Wildman–Crippen LogP) is 3.17. The molecule has 1 heterocycles. The first-order valence-corrected chi connectivity index (χ1v) is 12.1. The van der Waals surface area contributed by atoms with Crippen LogP contribution < -0.4 is 5.32 Å². The highest BCUT2D eigenvalue weighted by molar-refractivity contribution is 5.86. The van der Waals surface area contributed by atoms with Gasteiger partial charge in [-0.15, -0.1) is 0 Å². The van der Waals surface area contributed by atoms with E-state index in [9.17, 15) is 19.5 Å². The zero-order chi connectivity index (χ0) is 25.1. The summed E-state index contributed by atoms with van der Waals surface area (Å²) in [5.41, 5.74) is 4.54. The number of amides is 2. The fourth-order valence-corrected chi connectivity index (χ4v) is 5.26. The van der Waals surface area contributed by atoms with E-state index in [1.54, 1.807) is 4.90 Å². The van der Waals surface area contributed by atoms with Crippen LogP contribution in [-0.4, -0.2) is 78.8 Å². The highest BCUT2D eigenvalue weighted by atomic mass is 16.5.